The maximum Gasteiger partial charge on any atom is 0.342 e. The average Bonchev–Trinajstić information content (AvgIpc) is 2.48. The maximum absolute atomic E-state index is 11.8. The molecule has 0 aliphatic carbocycles. The predicted molar refractivity (Wildman–Crippen MR) is 73.9 cm³/mol. The minimum atomic E-state index is -0.713. The molecule has 102 valence electrons. The Bertz CT molecular complexity index is 632. The zero-order chi connectivity index (χ0) is 14.5. The number of hydrogen-bond donors (Lipinski definition) is 1. The minimum absolute atomic E-state index is 0.0610. The lowest BCUT2D eigenvalue weighted by atomic mass is 10.1. The summed E-state index contributed by atoms with van der Waals surface area (Å²) < 4.78 is 4.93. The fourth-order valence-electron chi connectivity index (χ4n) is 1.74. The number of phenols is 1. The highest BCUT2D eigenvalue weighted by atomic mass is 16.5. The first-order valence-electron chi connectivity index (χ1n) is 6.13. The number of aryl methyl sites for hydroxylation is 1. The number of aromatic hydroxyl groups is 1. The molecule has 0 heterocycles. The SMILES string of the molecule is Cc1cccc(C(=O)OCC(=O)c2ccccc2)c1O. The third kappa shape index (κ3) is 3.03. The van der Waals surface area contributed by atoms with Crippen molar-refractivity contribution in [1.29, 1.82) is 0 Å². The monoisotopic (exact) mass is 270 g/mol. The number of carbonyl (C=O) groups is 2. The number of hydrogen-bond acceptors (Lipinski definition) is 4. The molecule has 20 heavy (non-hydrogen) atoms. The van der Waals surface area contributed by atoms with Crippen LogP contribution < -0.4 is 0 Å². The van der Waals surface area contributed by atoms with E-state index in [2.05, 4.69) is 0 Å². The van der Waals surface area contributed by atoms with Crippen LogP contribution in [-0.2, 0) is 4.74 Å². The molecule has 0 aliphatic rings. The molecule has 4 heteroatoms. The van der Waals surface area contributed by atoms with Gasteiger partial charge >= 0.3 is 5.97 Å². The number of Topliss-reactive ketones (excluding diaryl/α,β-unsaturated/α-hetero) is 1. The molecule has 0 bridgehead atoms. The van der Waals surface area contributed by atoms with Gasteiger partial charge in [-0.1, -0.05) is 42.5 Å². The van der Waals surface area contributed by atoms with Crippen molar-refractivity contribution in [3.05, 3.63) is 65.2 Å². The Morgan fingerprint density at radius 2 is 1.75 bits per heavy atom. The van der Waals surface area contributed by atoms with Crippen LogP contribution in [0.2, 0.25) is 0 Å². The Morgan fingerprint density at radius 3 is 2.45 bits per heavy atom. The van der Waals surface area contributed by atoms with Gasteiger partial charge in [-0.15, -0.1) is 0 Å². The smallest absolute Gasteiger partial charge is 0.342 e. The Kier molecular flexibility index (Phi) is 4.15. The molecule has 0 saturated carbocycles. The summed E-state index contributed by atoms with van der Waals surface area (Å²) in [7, 11) is 0. The number of carbonyl (C=O) groups excluding carboxylic acids is 2. The van der Waals surface area contributed by atoms with E-state index in [1.54, 1.807) is 49.4 Å². The summed E-state index contributed by atoms with van der Waals surface area (Å²) in [5.41, 5.74) is 1.12. The van der Waals surface area contributed by atoms with Crippen LogP contribution in [0.4, 0.5) is 0 Å². The van der Waals surface area contributed by atoms with Crippen LogP contribution in [-0.4, -0.2) is 23.5 Å². The van der Waals surface area contributed by atoms with Gasteiger partial charge in [0.05, 0.1) is 0 Å². The highest BCUT2D eigenvalue weighted by Crippen LogP contribution is 2.22. The van der Waals surface area contributed by atoms with E-state index in [-0.39, 0.29) is 23.7 Å². The van der Waals surface area contributed by atoms with Crippen molar-refractivity contribution in [2.45, 2.75) is 6.92 Å². The third-order valence-electron chi connectivity index (χ3n) is 2.89. The number of para-hydroxylation sites is 1. The molecule has 4 nitrogen and oxygen atoms in total. The standard InChI is InChI=1S/C16H14O4/c1-11-6-5-9-13(15(11)18)16(19)20-10-14(17)12-7-3-2-4-8-12/h2-9,18H,10H2,1H3. The molecule has 0 spiro atoms. The molecule has 0 unspecified atom stereocenters. The van der Waals surface area contributed by atoms with Gasteiger partial charge in [-0.25, -0.2) is 4.79 Å². The molecular formula is C16H14O4. The van der Waals surface area contributed by atoms with E-state index in [1.807, 2.05) is 0 Å². The van der Waals surface area contributed by atoms with Gasteiger partial charge in [0.15, 0.2) is 12.4 Å². The first-order chi connectivity index (χ1) is 9.59. The fourth-order valence-corrected chi connectivity index (χ4v) is 1.74. The molecule has 0 radical (unpaired) electrons. The third-order valence-corrected chi connectivity index (χ3v) is 2.89. The van der Waals surface area contributed by atoms with E-state index in [4.69, 9.17) is 4.74 Å². The van der Waals surface area contributed by atoms with E-state index in [9.17, 15) is 14.7 Å². The van der Waals surface area contributed by atoms with E-state index in [1.165, 1.54) is 6.07 Å². The molecule has 2 aromatic carbocycles. The lowest BCUT2D eigenvalue weighted by Crippen LogP contribution is -2.14. The maximum atomic E-state index is 11.8. The van der Waals surface area contributed by atoms with Crippen LogP contribution >= 0.6 is 0 Å². The zero-order valence-corrected chi connectivity index (χ0v) is 11.0. The summed E-state index contributed by atoms with van der Waals surface area (Å²) in [5.74, 6) is -1.12. The number of benzene rings is 2. The van der Waals surface area contributed by atoms with Gasteiger partial charge in [0.2, 0.25) is 0 Å². The molecule has 1 N–H and O–H groups in total. The highest BCUT2D eigenvalue weighted by molar-refractivity contribution is 6.00. The van der Waals surface area contributed by atoms with Gasteiger partial charge < -0.3 is 9.84 Å². The van der Waals surface area contributed by atoms with Gasteiger partial charge in [-0.3, -0.25) is 4.79 Å². The quantitative estimate of drug-likeness (QED) is 0.685. The summed E-state index contributed by atoms with van der Waals surface area (Å²) >= 11 is 0. The molecule has 2 aromatic rings. The van der Waals surface area contributed by atoms with E-state index < -0.39 is 5.97 Å². The summed E-state index contributed by atoms with van der Waals surface area (Å²) in [6.07, 6.45) is 0. The van der Waals surface area contributed by atoms with Gasteiger partial charge in [0.25, 0.3) is 0 Å². The highest BCUT2D eigenvalue weighted by Gasteiger charge is 2.15. The van der Waals surface area contributed by atoms with Crippen molar-refractivity contribution in [3.8, 4) is 5.75 Å². The van der Waals surface area contributed by atoms with Crippen LogP contribution in [0, 0.1) is 6.92 Å². The van der Waals surface area contributed by atoms with Crippen molar-refractivity contribution in [2.24, 2.45) is 0 Å². The van der Waals surface area contributed by atoms with Crippen LogP contribution in [0.3, 0.4) is 0 Å². The van der Waals surface area contributed by atoms with Crippen molar-refractivity contribution >= 4 is 11.8 Å². The van der Waals surface area contributed by atoms with Gasteiger partial charge in [-0.2, -0.15) is 0 Å². The number of rotatable bonds is 4. The first-order valence-corrected chi connectivity index (χ1v) is 6.13. The second-order valence-corrected chi connectivity index (χ2v) is 4.34. The van der Waals surface area contributed by atoms with Crippen molar-refractivity contribution in [3.63, 3.8) is 0 Å². The van der Waals surface area contributed by atoms with E-state index in [0.717, 1.165) is 0 Å². The molecule has 2 rings (SSSR count). The molecule has 0 aromatic heterocycles. The molecule has 0 aliphatic heterocycles. The van der Waals surface area contributed by atoms with Gasteiger partial charge in [0, 0.05) is 5.56 Å². The topological polar surface area (TPSA) is 63.6 Å². The first kappa shape index (κ1) is 13.8. The van der Waals surface area contributed by atoms with Crippen LogP contribution in [0.1, 0.15) is 26.3 Å². The van der Waals surface area contributed by atoms with Crippen LogP contribution in [0.15, 0.2) is 48.5 Å². The molecular weight excluding hydrogens is 256 g/mol. The average molecular weight is 270 g/mol. The van der Waals surface area contributed by atoms with Crippen LogP contribution in [0.5, 0.6) is 5.75 Å². The second kappa shape index (κ2) is 6.02. The largest absolute Gasteiger partial charge is 0.507 e. The molecule has 0 amide bonds. The number of phenolic OH excluding ortho intramolecular Hbond substituents is 1. The van der Waals surface area contributed by atoms with Gasteiger partial charge in [-0.05, 0) is 18.6 Å². The summed E-state index contributed by atoms with van der Waals surface area (Å²) in [6, 6.07) is 13.4. The zero-order valence-electron chi connectivity index (χ0n) is 11.0. The summed E-state index contributed by atoms with van der Waals surface area (Å²) in [5, 5.41) is 9.76. The number of ether oxygens (including phenoxy) is 1. The molecule has 0 fully saturated rings. The lowest BCUT2D eigenvalue weighted by molar-refractivity contribution is 0.0471. The number of ketones is 1. The molecule has 0 saturated heterocycles. The van der Waals surface area contributed by atoms with E-state index >= 15 is 0 Å². The Balaban J connectivity index is 2.03. The predicted octanol–water partition coefficient (Wildman–Crippen LogP) is 2.74. The van der Waals surface area contributed by atoms with Crippen molar-refractivity contribution < 1.29 is 19.4 Å². The second-order valence-electron chi connectivity index (χ2n) is 4.34. The van der Waals surface area contributed by atoms with Gasteiger partial charge in [0.1, 0.15) is 11.3 Å². The Labute approximate surface area is 116 Å². The minimum Gasteiger partial charge on any atom is -0.507 e. The van der Waals surface area contributed by atoms with E-state index in [0.29, 0.717) is 11.1 Å². The van der Waals surface area contributed by atoms with Crippen molar-refractivity contribution in [1.82, 2.24) is 0 Å². The number of esters is 1. The van der Waals surface area contributed by atoms with Crippen LogP contribution in [0.25, 0.3) is 0 Å². The normalized spacial score (nSPS) is 10.1. The van der Waals surface area contributed by atoms with Crippen molar-refractivity contribution in [2.75, 3.05) is 6.61 Å². The Morgan fingerprint density at radius 1 is 1.05 bits per heavy atom. The summed E-state index contributed by atoms with van der Waals surface area (Å²) in [4.78, 5) is 23.6. The molecule has 0 atom stereocenters. The Hall–Kier alpha value is -2.62. The lowest BCUT2D eigenvalue weighted by Gasteiger charge is -2.07. The summed E-state index contributed by atoms with van der Waals surface area (Å²) in [6.45, 7) is 1.33. The fraction of sp³-hybridized carbons (Fsp3) is 0.125.